The Morgan fingerprint density at radius 3 is 2.22 bits per heavy atom. The fourth-order valence-corrected chi connectivity index (χ4v) is 5.71. The average molecular weight is 487 g/mol. The summed E-state index contributed by atoms with van der Waals surface area (Å²) in [6.07, 6.45) is 1.54. The van der Waals surface area contributed by atoms with Crippen molar-refractivity contribution in [2.24, 2.45) is 5.92 Å². The molecule has 3 fully saturated rings. The van der Waals surface area contributed by atoms with Crippen molar-refractivity contribution in [3.63, 3.8) is 0 Å². The smallest absolute Gasteiger partial charge is 0.381 e. The lowest BCUT2D eigenvalue weighted by Gasteiger charge is -2.51. The number of ketones is 1. The number of hydrogen-bond acceptors (Lipinski definition) is 3. The van der Waals surface area contributed by atoms with Crippen LogP contribution in [0.25, 0.3) is 0 Å². The maximum absolute atomic E-state index is 14.6. The van der Waals surface area contributed by atoms with Crippen LogP contribution >= 0.6 is 0 Å². The van der Waals surface area contributed by atoms with E-state index in [-0.39, 0.29) is 23.5 Å². The number of esters is 1. The third kappa shape index (κ3) is 4.86. The highest BCUT2D eigenvalue weighted by Crippen LogP contribution is 2.37. The second-order valence-electron chi connectivity index (χ2n) is 9.97. The van der Waals surface area contributed by atoms with Gasteiger partial charge in [-0.3, -0.25) is 4.79 Å². The molecule has 5 nitrogen and oxygen atoms in total. The molecule has 3 saturated heterocycles. The monoisotopic (exact) mass is 486 g/mol. The highest BCUT2D eigenvalue weighted by molar-refractivity contribution is 5.97. The molecule has 3 aliphatic rings. The van der Waals surface area contributed by atoms with Gasteiger partial charge in [-0.2, -0.15) is 8.97 Å². The van der Waals surface area contributed by atoms with Crippen LogP contribution in [-0.2, 0) is 9.53 Å². The maximum Gasteiger partial charge on any atom is 0.381 e. The Morgan fingerprint density at radius 2 is 1.56 bits per heavy atom. The number of ether oxygens (including phenoxy) is 1. The molecule has 184 valence electrons. The number of para-hydroxylation sites is 1. The Balaban J connectivity index is 1.36. The molecule has 3 heterocycles. The molecule has 0 spiro atoms. The molecule has 3 aliphatic heterocycles. The van der Waals surface area contributed by atoms with Crippen LogP contribution in [-0.4, -0.2) is 59.8 Å². The zero-order chi connectivity index (χ0) is 25.1. The predicted molar refractivity (Wildman–Crippen MR) is 136 cm³/mol. The first kappa shape index (κ1) is 24.1. The van der Waals surface area contributed by atoms with Crippen molar-refractivity contribution in [3.05, 3.63) is 102 Å². The predicted octanol–water partition coefficient (Wildman–Crippen LogP) is 4.95. The first-order chi connectivity index (χ1) is 17.5. The van der Waals surface area contributed by atoms with Gasteiger partial charge >= 0.3 is 5.97 Å². The Morgan fingerprint density at radius 1 is 0.944 bits per heavy atom. The molecule has 6 rings (SSSR count). The molecular weight excluding hydrogens is 455 g/mol. The molecule has 3 aromatic rings. The number of quaternary nitrogens is 1. The van der Waals surface area contributed by atoms with Gasteiger partial charge in [0.05, 0.1) is 13.1 Å². The summed E-state index contributed by atoms with van der Waals surface area (Å²) in [6, 6.07) is 24.0. The van der Waals surface area contributed by atoms with Gasteiger partial charge in [0.2, 0.25) is 11.5 Å². The van der Waals surface area contributed by atoms with Crippen molar-refractivity contribution in [1.29, 1.82) is 0 Å². The van der Waals surface area contributed by atoms with Crippen LogP contribution < -0.4 is 0 Å². The fraction of sp³-hybridized carbons (Fsp3) is 0.300. The van der Waals surface area contributed by atoms with Gasteiger partial charge in [0.25, 0.3) is 6.04 Å². The quantitative estimate of drug-likeness (QED) is 0.149. The van der Waals surface area contributed by atoms with Gasteiger partial charge in [-0.15, -0.1) is 0 Å². The van der Waals surface area contributed by atoms with Crippen molar-refractivity contribution in [2.45, 2.75) is 25.0 Å². The van der Waals surface area contributed by atoms with Crippen LogP contribution in [0, 0.1) is 11.7 Å². The van der Waals surface area contributed by atoms with E-state index >= 15 is 0 Å². The minimum atomic E-state index is -0.891. The fourth-order valence-electron chi connectivity index (χ4n) is 5.71. The summed E-state index contributed by atoms with van der Waals surface area (Å²) in [5, 5.41) is 0. The first-order valence-electron chi connectivity index (χ1n) is 12.5. The molecule has 0 aromatic heterocycles. The largest absolute Gasteiger partial charge is 0.451 e. The molecule has 2 bridgehead atoms. The van der Waals surface area contributed by atoms with E-state index in [0.29, 0.717) is 28.7 Å². The third-order valence-corrected chi connectivity index (χ3v) is 7.70. The number of carbonyl (C=O) groups excluding carboxylic acids is 2. The third-order valence-electron chi connectivity index (χ3n) is 7.70. The molecule has 0 amide bonds. The van der Waals surface area contributed by atoms with E-state index in [2.05, 4.69) is 6.72 Å². The second kappa shape index (κ2) is 10.2. The molecule has 3 aromatic carbocycles. The molecular formula is C30H31FN2O3+2. The molecule has 6 heteroatoms. The lowest BCUT2D eigenvalue weighted by atomic mass is 9.82. The van der Waals surface area contributed by atoms with Crippen molar-refractivity contribution >= 4 is 24.2 Å². The number of halogens is 1. The SMILES string of the molecule is C=[N+](c1ccccc1F)C(C(=O)OC1C[N+]2(CC(=O)c3ccccc3)CCC1CC2)c1ccccc1. The summed E-state index contributed by atoms with van der Waals surface area (Å²) in [5.41, 5.74) is 1.63. The molecule has 0 N–H and O–H groups in total. The summed E-state index contributed by atoms with van der Waals surface area (Å²) in [6.45, 7) is 6.89. The van der Waals surface area contributed by atoms with Gasteiger partial charge < -0.3 is 9.22 Å². The zero-order valence-corrected chi connectivity index (χ0v) is 20.3. The lowest BCUT2D eigenvalue weighted by Crippen LogP contribution is -2.65. The summed E-state index contributed by atoms with van der Waals surface area (Å²) in [5.74, 6) is -0.519. The standard InChI is InChI=1S/C30H31FN2O3/c1-32(26-15-9-8-14-25(26)31)29(24-12-6-3-7-13-24)30(35)36-28-21-33(18-16-23(28)17-19-33)20-27(34)22-10-4-2-5-11-22/h2-15,23,28-29H,1,16-21H2/q+2. The minimum Gasteiger partial charge on any atom is -0.451 e. The molecule has 0 saturated carbocycles. The van der Waals surface area contributed by atoms with E-state index in [9.17, 15) is 14.0 Å². The van der Waals surface area contributed by atoms with Crippen LogP contribution in [0.1, 0.15) is 34.8 Å². The maximum atomic E-state index is 14.6. The Labute approximate surface area is 211 Å². The van der Waals surface area contributed by atoms with Gasteiger partial charge in [-0.1, -0.05) is 72.8 Å². The van der Waals surface area contributed by atoms with Crippen LogP contribution in [0.2, 0.25) is 0 Å². The van der Waals surface area contributed by atoms with Gasteiger partial charge in [0.15, 0.2) is 11.9 Å². The number of hydrogen-bond donors (Lipinski definition) is 0. The molecule has 36 heavy (non-hydrogen) atoms. The van der Waals surface area contributed by atoms with Crippen LogP contribution in [0.5, 0.6) is 0 Å². The van der Waals surface area contributed by atoms with Crippen molar-refractivity contribution in [1.82, 2.24) is 0 Å². The number of carbonyl (C=O) groups is 2. The van der Waals surface area contributed by atoms with E-state index in [4.69, 9.17) is 4.74 Å². The average Bonchev–Trinajstić information content (AvgIpc) is 2.90. The number of nitrogens with zero attached hydrogens (tertiary/aromatic N) is 2. The van der Waals surface area contributed by atoms with Crippen LogP contribution in [0.4, 0.5) is 10.1 Å². The zero-order valence-electron chi connectivity index (χ0n) is 20.3. The second-order valence-corrected chi connectivity index (χ2v) is 9.97. The van der Waals surface area contributed by atoms with Gasteiger partial charge in [0, 0.05) is 36.0 Å². The highest BCUT2D eigenvalue weighted by atomic mass is 19.1. The number of rotatable bonds is 8. The van der Waals surface area contributed by atoms with Gasteiger partial charge in [-0.05, 0) is 6.07 Å². The summed E-state index contributed by atoms with van der Waals surface area (Å²) >= 11 is 0. The van der Waals surface area contributed by atoms with E-state index < -0.39 is 17.8 Å². The Hall–Kier alpha value is -3.64. The summed E-state index contributed by atoms with van der Waals surface area (Å²) in [7, 11) is 0. The number of benzene rings is 3. The molecule has 0 radical (unpaired) electrons. The van der Waals surface area contributed by atoms with E-state index in [1.54, 1.807) is 18.2 Å². The number of Topliss-reactive ketones (excluding diaryl/α,β-unsaturated/α-hetero) is 1. The van der Waals surface area contributed by atoms with E-state index in [1.807, 2.05) is 60.7 Å². The summed E-state index contributed by atoms with van der Waals surface area (Å²) in [4.78, 5) is 26.7. The molecule has 0 aliphatic carbocycles. The van der Waals surface area contributed by atoms with E-state index in [0.717, 1.165) is 25.9 Å². The van der Waals surface area contributed by atoms with Gasteiger partial charge in [-0.25, -0.2) is 4.79 Å². The number of piperidine rings is 3. The van der Waals surface area contributed by atoms with Crippen LogP contribution in [0.3, 0.4) is 0 Å². The number of fused-ring (bicyclic) bond motifs is 3. The van der Waals surface area contributed by atoms with Crippen molar-refractivity contribution in [3.8, 4) is 0 Å². The first-order valence-corrected chi connectivity index (χ1v) is 12.5. The normalized spacial score (nSPS) is 23.6. The molecule has 2 atom stereocenters. The topological polar surface area (TPSA) is 46.4 Å². The van der Waals surface area contributed by atoms with Gasteiger partial charge in [0.1, 0.15) is 19.8 Å². The lowest BCUT2D eigenvalue weighted by molar-refractivity contribution is -0.938. The van der Waals surface area contributed by atoms with Crippen molar-refractivity contribution < 1.29 is 27.8 Å². The van der Waals surface area contributed by atoms with Crippen LogP contribution in [0.15, 0.2) is 84.9 Å². The molecule has 2 unspecified atom stereocenters. The summed E-state index contributed by atoms with van der Waals surface area (Å²) < 4.78 is 22.8. The Bertz CT molecular complexity index is 1250. The Kier molecular flexibility index (Phi) is 6.79. The van der Waals surface area contributed by atoms with Crippen molar-refractivity contribution in [2.75, 3.05) is 26.2 Å². The van der Waals surface area contributed by atoms with E-state index in [1.165, 1.54) is 10.6 Å². The highest BCUT2D eigenvalue weighted by Gasteiger charge is 2.49. The minimum absolute atomic E-state index is 0.117.